The summed E-state index contributed by atoms with van der Waals surface area (Å²) in [7, 11) is 0. The molecule has 0 fully saturated rings. The fourth-order valence-electron chi connectivity index (χ4n) is 0. The van der Waals surface area contributed by atoms with Crippen LogP contribution in [0.25, 0.3) is 0 Å². The molecule has 0 amide bonds. The van der Waals surface area contributed by atoms with Crippen molar-refractivity contribution in [3.05, 3.63) is 0 Å². The first-order chi connectivity index (χ1) is 5.38. The topological polar surface area (TPSA) is 0 Å². The van der Waals surface area contributed by atoms with Crippen molar-refractivity contribution >= 4 is 0 Å². The molecular weight excluding hydrogens is 151 g/mol. The monoisotopic (exact) mass is 178 g/mol. The molecule has 0 aromatic carbocycles. The van der Waals surface area contributed by atoms with Crippen molar-refractivity contribution in [3.8, 4) is 0 Å². The molecule has 0 aliphatic heterocycles. The van der Waals surface area contributed by atoms with Gasteiger partial charge in [0.25, 0.3) is 0 Å². The Balaban J connectivity index is -0.000000101. The van der Waals surface area contributed by atoms with Crippen LogP contribution < -0.4 is 0 Å². The SMILES string of the molecule is CC(C)C.CC(C)C.CCCF. The predicted octanol–water partition coefficient (Wildman–Crippen LogP) is 4.69. The van der Waals surface area contributed by atoms with Gasteiger partial charge in [-0.3, -0.25) is 4.39 Å². The van der Waals surface area contributed by atoms with Gasteiger partial charge in [0.15, 0.2) is 0 Å². The van der Waals surface area contributed by atoms with Crippen LogP contribution in [0.4, 0.5) is 4.39 Å². The normalized spacial score (nSPS) is 8.50. The van der Waals surface area contributed by atoms with Gasteiger partial charge >= 0.3 is 0 Å². The maximum absolute atomic E-state index is 10.7. The molecule has 0 heterocycles. The van der Waals surface area contributed by atoms with Gasteiger partial charge in [0.05, 0.1) is 6.67 Å². The van der Waals surface area contributed by atoms with E-state index in [1.54, 1.807) is 6.92 Å². The first-order valence-electron chi connectivity index (χ1n) is 4.94. The molecule has 0 aromatic heterocycles. The molecule has 0 nitrogen and oxygen atoms in total. The van der Waals surface area contributed by atoms with E-state index in [2.05, 4.69) is 41.5 Å². The largest absolute Gasteiger partial charge is 0.251 e. The Labute approximate surface area is 78.6 Å². The Morgan fingerprint density at radius 3 is 0.917 bits per heavy atom. The number of halogens is 1. The van der Waals surface area contributed by atoms with Crippen LogP contribution in [-0.2, 0) is 0 Å². The van der Waals surface area contributed by atoms with Gasteiger partial charge in [-0.25, -0.2) is 0 Å². The third-order valence-corrected chi connectivity index (χ3v) is 0.189. The smallest absolute Gasteiger partial charge is 0.0891 e. The van der Waals surface area contributed by atoms with E-state index in [-0.39, 0.29) is 6.67 Å². The molecule has 0 unspecified atom stereocenters. The molecule has 1 heteroatoms. The van der Waals surface area contributed by atoms with Crippen LogP contribution in [0.3, 0.4) is 0 Å². The molecule has 0 N–H and O–H groups in total. The third kappa shape index (κ3) is 916. The number of hydrogen-bond acceptors (Lipinski definition) is 0. The highest BCUT2D eigenvalue weighted by Crippen LogP contribution is 1.81. The van der Waals surface area contributed by atoms with Gasteiger partial charge in [0.1, 0.15) is 0 Å². The lowest BCUT2D eigenvalue weighted by molar-refractivity contribution is 0.487. The van der Waals surface area contributed by atoms with E-state index in [9.17, 15) is 4.39 Å². The van der Waals surface area contributed by atoms with Gasteiger partial charge in [0.2, 0.25) is 0 Å². The molecule has 0 bridgehead atoms. The van der Waals surface area contributed by atoms with Crippen molar-refractivity contribution in [3.63, 3.8) is 0 Å². The minimum atomic E-state index is -0.181. The Bertz CT molecular complexity index is 35.5. The molecule has 0 aliphatic rings. The zero-order valence-corrected chi connectivity index (χ0v) is 9.95. The van der Waals surface area contributed by atoms with Crippen LogP contribution in [0.2, 0.25) is 0 Å². The summed E-state index contributed by atoms with van der Waals surface area (Å²) < 4.78 is 10.7. The summed E-state index contributed by atoms with van der Waals surface area (Å²) in [4.78, 5) is 0. The molecule has 0 atom stereocenters. The summed E-state index contributed by atoms with van der Waals surface area (Å²) in [5.41, 5.74) is 0. The molecule has 0 spiro atoms. The van der Waals surface area contributed by atoms with Crippen LogP contribution in [0, 0.1) is 11.8 Å². The van der Waals surface area contributed by atoms with E-state index in [0.717, 1.165) is 11.8 Å². The molecule has 0 saturated heterocycles. The van der Waals surface area contributed by atoms with Crippen molar-refractivity contribution in [2.24, 2.45) is 11.8 Å². The van der Waals surface area contributed by atoms with E-state index in [0.29, 0.717) is 6.42 Å². The van der Waals surface area contributed by atoms with Gasteiger partial charge in [-0.05, 0) is 18.3 Å². The lowest BCUT2D eigenvalue weighted by atomic mass is 10.3. The molecule has 12 heavy (non-hydrogen) atoms. The van der Waals surface area contributed by atoms with Crippen LogP contribution in [0.15, 0.2) is 0 Å². The number of rotatable bonds is 1. The minimum absolute atomic E-state index is 0.181. The van der Waals surface area contributed by atoms with Gasteiger partial charge in [0, 0.05) is 0 Å². The fourth-order valence-corrected chi connectivity index (χ4v) is 0. The maximum atomic E-state index is 10.7. The Morgan fingerprint density at radius 2 is 0.917 bits per heavy atom. The predicted molar refractivity (Wildman–Crippen MR) is 57.3 cm³/mol. The zero-order chi connectivity index (χ0) is 10.6. The van der Waals surface area contributed by atoms with Crippen LogP contribution in [0.5, 0.6) is 0 Å². The second kappa shape index (κ2) is 17.1. The average molecular weight is 178 g/mol. The Hall–Kier alpha value is -0.0700. The Kier molecular flexibility index (Phi) is 25.5. The zero-order valence-electron chi connectivity index (χ0n) is 9.95. The lowest BCUT2D eigenvalue weighted by Crippen LogP contribution is -1.66. The van der Waals surface area contributed by atoms with Crippen molar-refractivity contribution in [2.45, 2.75) is 54.9 Å². The lowest BCUT2D eigenvalue weighted by Gasteiger charge is -1.79. The summed E-state index contributed by atoms with van der Waals surface area (Å²) in [5, 5.41) is 0. The van der Waals surface area contributed by atoms with Crippen molar-refractivity contribution in [2.75, 3.05) is 6.67 Å². The van der Waals surface area contributed by atoms with Crippen LogP contribution >= 0.6 is 0 Å². The maximum Gasteiger partial charge on any atom is 0.0891 e. The quantitative estimate of drug-likeness (QED) is 0.546. The first-order valence-corrected chi connectivity index (χ1v) is 4.94. The Morgan fingerprint density at radius 1 is 0.833 bits per heavy atom. The first kappa shape index (κ1) is 17.9. The molecule has 0 radical (unpaired) electrons. The number of alkyl halides is 1. The van der Waals surface area contributed by atoms with Crippen LogP contribution in [0.1, 0.15) is 54.9 Å². The molecule has 0 aliphatic carbocycles. The highest BCUT2D eigenvalue weighted by molar-refractivity contribution is 4.21. The van der Waals surface area contributed by atoms with E-state index < -0.39 is 0 Å². The summed E-state index contributed by atoms with van der Waals surface area (Å²) in [6.07, 6.45) is 0.653. The van der Waals surface area contributed by atoms with Crippen molar-refractivity contribution in [1.82, 2.24) is 0 Å². The van der Waals surface area contributed by atoms with Crippen molar-refractivity contribution in [1.29, 1.82) is 0 Å². The van der Waals surface area contributed by atoms with Crippen molar-refractivity contribution < 1.29 is 4.39 Å². The summed E-state index contributed by atoms with van der Waals surface area (Å²) in [5.74, 6) is 1.67. The van der Waals surface area contributed by atoms with E-state index in [1.165, 1.54) is 0 Å². The molecule has 0 aromatic rings. The van der Waals surface area contributed by atoms with Gasteiger partial charge in [-0.1, -0.05) is 48.5 Å². The minimum Gasteiger partial charge on any atom is -0.251 e. The standard InChI is InChI=1S/2C4H10.C3H7F/c2*1-4(2)3;1-2-3-4/h2*4H,1-3H3;2-3H2,1H3. The second-order valence-corrected chi connectivity index (χ2v) is 4.15. The average Bonchev–Trinajstić information content (AvgIpc) is 1.85. The molecule has 0 saturated carbocycles. The summed E-state index contributed by atoms with van der Waals surface area (Å²) in [6, 6.07) is 0. The van der Waals surface area contributed by atoms with Gasteiger partial charge in [-0.2, -0.15) is 0 Å². The fraction of sp³-hybridized carbons (Fsp3) is 1.00. The summed E-state index contributed by atoms with van der Waals surface area (Å²) >= 11 is 0. The van der Waals surface area contributed by atoms with E-state index in [1.807, 2.05) is 0 Å². The van der Waals surface area contributed by atoms with Gasteiger partial charge in [-0.15, -0.1) is 0 Å². The van der Waals surface area contributed by atoms with Crippen LogP contribution in [-0.4, -0.2) is 6.67 Å². The summed E-state index contributed by atoms with van der Waals surface area (Å²) in [6.45, 7) is 14.6. The van der Waals surface area contributed by atoms with E-state index >= 15 is 0 Å². The molecule has 0 rings (SSSR count). The second-order valence-electron chi connectivity index (χ2n) is 4.15. The highest BCUT2D eigenvalue weighted by atomic mass is 19.1. The van der Waals surface area contributed by atoms with E-state index in [4.69, 9.17) is 0 Å². The molecule has 78 valence electrons. The van der Waals surface area contributed by atoms with Gasteiger partial charge < -0.3 is 0 Å². The third-order valence-electron chi connectivity index (χ3n) is 0.189. The molecular formula is C11H27F. The highest BCUT2D eigenvalue weighted by Gasteiger charge is 1.68. The number of hydrogen-bond donors (Lipinski definition) is 0.